The van der Waals surface area contributed by atoms with Crippen molar-refractivity contribution in [2.75, 3.05) is 13.6 Å². The molecule has 0 aromatic rings. The van der Waals surface area contributed by atoms with Crippen molar-refractivity contribution in [2.24, 2.45) is 0 Å². The summed E-state index contributed by atoms with van der Waals surface area (Å²) in [6.07, 6.45) is 9.40. The van der Waals surface area contributed by atoms with Crippen LogP contribution in [-0.4, -0.2) is 24.5 Å². The van der Waals surface area contributed by atoms with Crippen molar-refractivity contribution in [3.63, 3.8) is 0 Å². The van der Waals surface area contributed by atoms with Crippen LogP contribution in [0.1, 0.15) is 74.7 Å². The molecule has 0 aliphatic carbocycles. The van der Waals surface area contributed by atoms with Crippen molar-refractivity contribution in [2.45, 2.75) is 80.7 Å². The Balaban J connectivity index is -0.0000000904. The zero-order valence-electron chi connectivity index (χ0n) is 15.3. The highest BCUT2D eigenvalue weighted by molar-refractivity contribution is 4.96. The fourth-order valence-corrected chi connectivity index (χ4v) is 0.843. The van der Waals surface area contributed by atoms with E-state index in [1.165, 1.54) is 19.4 Å². The fourth-order valence-electron chi connectivity index (χ4n) is 0.843. The minimum Gasteiger partial charge on any atom is -0.304 e. The van der Waals surface area contributed by atoms with Gasteiger partial charge in [-0.1, -0.05) is 72.8 Å². The van der Waals surface area contributed by atoms with Crippen LogP contribution in [0.3, 0.4) is 0 Å². The van der Waals surface area contributed by atoms with Crippen LogP contribution in [0, 0.1) is 0 Å². The highest BCUT2D eigenvalue weighted by Gasteiger charge is 1.98. The predicted molar refractivity (Wildman–Crippen MR) is 95.0 cm³/mol. The van der Waals surface area contributed by atoms with Gasteiger partial charge < -0.3 is 4.90 Å². The van der Waals surface area contributed by atoms with Gasteiger partial charge in [-0.25, -0.2) is 0 Å². The van der Waals surface area contributed by atoms with Crippen LogP contribution in [0.5, 0.6) is 0 Å². The monoisotopic (exact) mass is 271 g/mol. The Morgan fingerprint density at radius 2 is 1.47 bits per heavy atom. The highest BCUT2D eigenvalue weighted by atomic mass is 15.1. The zero-order chi connectivity index (χ0) is 16.1. The highest BCUT2D eigenvalue weighted by Crippen LogP contribution is 1.93. The standard InChI is InChI=1S/C7H17N.C6H10.C3H8.C2H6/c1-5-6-8(4)7(2)3;1-3-5-6-4-2;1-3-2;1-2/h7H,5-6H2,1-4H3;3,5-6H,1,4H2,2H3;3H2,1-2H3;1-2H3/b;6-5-;;. The number of hydrogen-bond acceptors (Lipinski definition) is 1. The van der Waals surface area contributed by atoms with Gasteiger partial charge in [-0.15, -0.1) is 0 Å². The molecule has 0 aliphatic heterocycles. The van der Waals surface area contributed by atoms with Crippen molar-refractivity contribution in [3.05, 3.63) is 24.8 Å². The summed E-state index contributed by atoms with van der Waals surface area (Å²) in [5.74, 6) is 0. The minimum absolute atomic E-state index is 0.704. The molecule has 1 nitrogen and oxygen atoms in total. The summed E-state index contributed by atoms with van der Waals surface area (Å²) in [6.45, 7) is 21.7. The zero-order valence-corrected chi connectivity index (χ0v) is 15.3. The lowest BCUT2D eigenvalue weighted by atomic mass is 10.3. The van der Waals surface area contributed by atoms with E-state index in [4.69, 9.17) is 0 Å². The molecule has 0 saturated carbocycles. The number of rotatable bonds is 5. The molecule has 0 heterocycles. The largest absolute Gasteiger partial charge is 0.304 e. The summed E-state index contributed by atoms with van der Waals surface area (Å²) in [6, 6.07) is 0.704. The van der Waals surface area contributed by atoms with E-state index in [1.54, 1.807) is 6.08 Å². The minimum atomic E-state index is 0.704. The maximum Gasteiger partial charge on any atom is 0.00355 e. The SMILES string of the molecule is C=C/C=C\CC.CC.CCC.CCCN(C)C(C)C. The lowest BCUT2D eigenvalue weighted by molar-refractivity contribution is 0.275. The first-order valence-corrected chi connectivity index (χ1v) is 7.99. The Labute approximate surface area is 124 Å². The Morgan fingerprint density at radius 1 is 1.05 bits per heavy atom. The third-order valence-electron chi connectivity index (χ3n) is 1.97. The first kappa shape index (κ1) is 26.9. The van der Waals surface area contributed by atoms with Crippen LogP contribution in [0.25, 0.3) is 0 Å². The van der Waals surface area contributed by atoms with Crippen LogP contribution < -0.4 is 0 Å². The molecule has 118 valence electrons. The second-order valence-electron chi connectivity index (χ2n) is 4.35. The third-order valence-corrected chi connectivity index (χ3v) is 1.97. The van der Waals surface area contributed by atoms with Gasteiger partial charge in [0.2, 0.25) is 0 Å². The maximum absolute atomic E-state index is 3.51. The van der Waals surface area contributed by atoms with Crippen molar-refractivity contribution in [1.82, 2.24) is 4.90 Å². The lowest BCUT2D eigenvalue weighted by Crippen LogP contribution is -2.26. The van der Waals surface area contributed by atoms with Gasteiger partial charge >= 0.3 is 0 Å². The molecule has 0 saturated heterocycles. The Hall–Kier alpha value is -0.560. The van der Waals surface area contributed by atoms with E-state index < -0.39 is 0 Å². The summed E-state index contributed by atoms with van der Waals surface area (Å²) in [4.78, 5) is 2.35. The molecule has 0 amide bonds. The average Bonchev–Trinajstić information content (AvgIpc) is 2.40. The van der Waals surface area contributed by atoms with Crippen LogP contribution >= 0.6 is 0 Å². The van der Waals surface area contributed by atoms with E-state index in [1.807, 2.05) is 19.9 Å². The normalized spacial score (nSPS) is 9.00. The molecule has 0 atom stereocenters. The number of allylic oxidation sites excluding steroid dienone is 3. The molecule has 0 fully saturated rings. The molecule has 0 N–H and O–H groups in total. The molecular weight excluding hydrogens is 230 g/mol. The molecule has 0 aliphatic rings. The van der Waals surface area contributed by atoms with Gasteiger partial charge in [0.25, 0.3) is 0 Å². The van der Waals surface area contributed by atoms with Gasteiger partial charge in [-0.05, 0) is 40.3 Å². The Kier molecular flexibility index (Phi) is 43.1. The number of hydrogen-bond donors (Lipinski definition) is 0. The Morgan fingerprint density at radius 3 is 1.58 bits per heavy atom. The first-order valence-electron chi connectivity index (χ1n) is 7.99. The molecule has 0 unspecified atom stereocenters. The molecule has 0 spiro atoms. The second kappa shape index (κ2) is 30.5. The topological polar surface area (TPSA) is 3.24 Å². The summed E-state index contributed by atoms with van der Waals surface area (Å²) in [5.41, 5.74) is 0. The third kappa shape index (κ3) is 46.7. The van der Waals surface area contributed by atoms with E-state index in [0.717, 1.165) is 6.42 Å². The molecule has 0 rings (SSSR count). The maximum atomic E-state index is 3.51. The van der Waals surface area contributed by atoms with Crippen LogP contribution in [0.15, 0.2) is 24.8 Å². The van der Waals surface area contributed by atoms with E-state index in [0.29, 0.717) is 6.04 Å². The van der Waals surface area contributed by atoms with Gasteiger partial charge in [0, 0.05) is 6.04 Å². The van der Waals surface area contributed by atoms with Crippen LogP contribution in [-0.2, 0) is 0 Å². The Bertz CT molecular complexity index is 148. The number of nitrogens with zero attached hydrogens (tertiary/aromatic N) is 1. The molecular formula is C18H41N. The van der Waals surface area contributed by atoms with Gasteiger partial charge in [-0.3, -0.25) is 0 Å². The van der Waals surface area contributed by atoms with Crippen molar-refractivity contribution in [3.8, 4) is 0 Å². The van der Waals surface area contributed by atoms with E-state index >= 15 is 0 Å². The second-order valence-corrected chi connectivity index (χ2v) is 4.35. The molecule has 1 heteroatoms. The summed E-state index contributed by atoms with van der Waals surface area (Å²) >= 11 is 0. The lowest BCUT2D eigenvalue weighted by Gasteiger charge is -2.19. The van der Waals surface area contributed by atoms with Gasteiger partial charge in [0.05, 0.1) is 0 Å². The molecule has 0 radical (unpaired) electrons. The summed E-state index contributed by atoms with van der Waals surface area (Å²) in [5, 5.41) is 0. The van der Waals surface area contributed by atoms with Gasteiger partial charge in [-0.2, -0.15) is 0 Å². The molecule has 0 bridgehead atoms. The molecule has 0 aromatic carbocycles. The van der Waals surface area contributed by atoms with Crippen molar-refractivity contribution in [1.29, 1.82) is 0 Å². The molecule has 19 heavy (non-hydrogen) atoms. The average molecular weight is 272 g/mol. The quantitative estimate of drug-likeness (QED) is 0.529. The van der Waals surface area contributed by atoms with Crippen molar-refractivity contribution >= 4 is 0 Å². The van der Waals surface area contributed by atoms with Crippen molar-refractivity contribution < 1.29 is 0 Å². The molecule has 0 aromatic heterocycles. The summed E-state index contributed by atoms with van der Waals surface area (Å²) < 4.78 is 0. The predicted octanol–water partition coefficient (Wildman–Crippen LogP) is 6.32. The van der Waals surface area contributed by atoms with E-state index in [-0.39, 0.29) is 0 Å². The van der Waals surface area contributed by atoms with Crippen LogP contribution in [0.2, 0.25) is 0 Å². The van der Waals surface area contributed by atoms with E-state index in [9.17, 15) is 0 Å². The fraction of sp³-hybridized carbons (Fsp3) is 0.778. The van der Waals surface area contributed by atoms with Gasteiger partial charge in [0.1, 0.15) is 0 Å². The van der Waals surface area contributed by atoms with E-state index in [2.05, 4.69) is 66.1 Å². The first-order chi connectivity index (χ1) is 9.01. The smallest absolute Gasteiger partial charge is 0.00355 e. The summed E-state index contributed by atoms with van der Waals surface area (Å²) in [7, 11) is 2.16. The van der Waals surface area contributed by atoms with Crippen LogP contribution in [0.4, 0.5) is 0 Å². The van der Waals surface area contributed by atoms with Gasteiger partial charge in [0.15, 0.2) is 0 Å².